The van der Waals surface area contributed by atoms with Crippen molar-refractivity contribution in [3.05, 3.63) is 17.7 Å². The van der Waals surface area contributed by atoms with E-state index in [2.05, 4.69) is 55.9 Å². The molecule has 0 aromatic heterocycles. The van der Waals surface area contributed by atoms with Crippen molar-refractivity contribution in [3.63, 3.8) is 0 Å². The SMILES string of the molecule is CCC1C2CC3NC4C(CC(O)C4C3C)C3NC(CC4NC(CC(N2)C1C)C(C(=O)OCc1cc(OCCOCCOCCOC)c(OCCOCCOCCOC)c(OCCOCCOCCOC)c1)C4C)[C@@H](C)[C@@H]3CCC(=O)OC. The number of esters is 2. The van der Waals surface area contributed by atoms with E-state index in [1.54, 1.807) is 21.3 Å². The molecule has 0 spiro atoms. The van der Waals surface area contributed by atoms with Crippen LogP contribution in [0.15, 0.2) is 12.1 Å². The number of benzene rings is 1. The zero-order valence-electron chi connectivity index (χ0n) is 50.9. The van der Waals surface area contributed by atoms with E-state index in [1.807, 2.05) is 12.1 Å². The summed E-state index contributed by atoms with van der Waals surface area (Å²) in [5, 5.41) is 28.4. The first-order valence-electron chi connectivity index (χ1n) is 30.9. The van der Waals surface area contributed by atoms with Gasteiger partial charge in [0.25, 0.3) is 0 Å². The lowest BCUT2D eigenvalue weighted by atomic mass is 9.76. The Labute approximate surface area is 488 Å². The highest BCUT2D eigenvalue weighted by molar-refractivity contribution is 5.74. The Balaban J connectivity index is 1.11. The van der Waals surface area contributed by atoms with Crippen molar-refractivity contribution < 1.29 is 81.0 Å². The second-order valence-corrected chi connectivity index (χ2v) is 23.6. The zero-order valence-corrected chi connectivity index (χ0v) is 50.9. The fourth-order valence-electron chi connectivity index (χ4n) is 14.6. The first-order valence-corrected chi connectivity index (χ1v) is 30.9. The Morgan fingerprint density at radius 1 is 0.512 bits per heavy atom. The van der Waals surface area contributed by atoms with Gasteiger partial charge in [0.2, 0.25) is 5.75 Å². The molecule has 21 nitrogen and oxygen atoms in total. The smallest absolute Gasteiger partial charge is 0.311 e. The fraction of sp³-hybridized carbons (Fsp3) is 0.869. The van der Waals surface area contributed by atoms with Crippen molar-refractivity contribution >= 4 is 11.9 Å². The highest BCUT2D eigenvalue weighted by atomic mass is 16.6. The van der Waals surface area contributed by atoms with Crippen molar-refractivity contribution in [3.8, 4) is 17.2 Å². The number of rotatable bonds is 37. The number of ether oxygens (including phenoxy) is 14. The van der Waals surface area contributed by atoms with Crippen LogP contribution in [0.3, 0.4) is 0 Å². The summed E-state index contributed by atoms with van der Waals surface area (Å²) in [7, 11) is 6.37. The van der Waals surface area contributed by atoms with E-state index >= 15 is 4.79 Å². The summed E-state index contributed by atoms with van der Waals surface area (Å²) < 4.78 is 80.4. The second-order valence-electron chi connectivity index (χ2n) is 23.6. The van der Waals surface area contributed by atoms with Crippen LogP contribution in [0, 0.1) is 53.3 Å². The summed E-state index contributed by atoms with van der Waals surface area (Å²) in [4.78, 5) is 27.8. The van der Waals surface area contributed by atoms with Gasteiger partial charge in [-0.15, -0.1) is 0 Å². The van der Waals surface area contributed by atoms with Gasteiger partial charge in [0.15, 0.2) is 11.5 Å². The molecule has 1 aromatic carbocycles. The number of fused-ring (bicyclic) bond motifs is 8. The Morgan fingerprint density at radius 3 is 1.51 bits per heavy atom. The highest BCUT2D eigenvalue weighted by Crippen LogP contribution is 2.51. The van der Waals surface area contributed by atoms with Crippen LogP contribution in [0.4, 0.5) is 0 Å². The van der Waals surface area contributed by atoms with E-state index in [4.69, 9.17) is 66.3 Å². The van der Waals surface area contributed by atoms with Crippen LogP contribution in [0.25, 0.3) is 0 Å². The summed E-state index contributed by atoms with van der Waals surface area (Å²) in [6, 6.07) is 4.75. The maximum atomic E-state index is 15.1. The minimum absolute atomic E-state index is 0.0164. The van der Waals surface area contributed by atoms with Gasteiger partial charge in [-0.25, -0.2) is 0 Å². The van der Waals surface area contributed by atoms with Crippen molar-refractivity contribution in [2.24, 2.45) is 53.3 Å². The molecule has 0 amide bonds. The molecule has 18 atom stereocenters. The van der Waals surface area contributed by atoms with Gasteiger partial charge in [0.05, 0.1) is 118 Å². The molecule has 5 saturated heterocycles. The molecule has 8 bridgehead atoms. The molecule has 470 valence electrons. The number of nitrogens with one attached hydrogen (secondary N) is 4. The Kier molecular flexibility index (Phi) is 28.4. The highest BCUT2D eigenvalue weighted by Gasteiger charge is 2.59. The van der Waals surface area contributed by atoms with E-state index in [9.17, 15) is 9.90 Å². The van der Waals surface area contributed by atoms with Gasteiger partial charge >= 0.3 is 11.9 Å². The molecule has 0 radical (unpaired) electrons. The van der Waals surface area contributed by atoms with E-state index in [-0.39, 0.29) is 136 Å². The van der Waals surface area contributed by atoms with Gasteiger partial charge in [0, 0.05) is 82.0 Å². The molecule has 1 aliphatic carbocycles. The number of hydrogen-bond acceptors (Lipinski definition) is 21. The van der Waals surface area contributed by atoms with Gasteiger partial charge in [-0.3, -0.25) is 9.59 Å². The predicted molar refractivity (Wildman–Crippen MR) is 306 cm³/mol. The van der Waals surface area contributed by atoms with Gasteiger partial charge < -0.3 is 92.7 Å². The van der Waals surface area contributed by atoms with Crippen LogP contribution in [-0.4, -0.2) is 219 Å². The van der Waals surface area contributed by atoms with Crippen molar-refractivity contribution in [2.75, 3.05) is 147 Å². The lowest BCUT2D eigenvalue weighted by Gasteiger charge is -2.32. The first-order chi connectivity index (χ1) is 39.9. The zero-order chi connectivity index (χ0) is 58.4. The van der Waals surface area contributed by atoms with Crippen molar-refractivity contribution in [1.82, 2.24) is 21.3 Å². The molecule has 6 aliphatic rings. The molecular weight excluding hydrogens is 1060 g/mol. The van der Waals surface area contributed by atoms with Crippen molar-refractivity contribution in [1.29, 1.82) is 0 Å². The van der Waals surface area contributed by atoms with Crippen LogP contribution < -0.4 is 35.5 Å². The number of aliphatic hydroxyl groups excluding tert-OH is 1. The van der Waals surface area contributed by atoms with E-state index in [0.29, 0.717) is 139 Å². The molecular formula is C61H104N4O17. The quantitative estimate of drug-likeness (QED) is 0.0464. The Morgan fingerprint density at radius 2 is 0.963 bits per heavy atom. The molecule has 5 aliphatic heterocycles. The maximum Gasteiger partial charge on any atom is 0.311 e. The number of methoxy groups -OCH3 is 4. The van der Waals surface area contributed by atoms with Crippen molar-refractivity contribution in [2.45, 2.75) is 141 Å². The van der Waals surface area contributed by atoms with E-state index in [0.717, 1.165) is 32.1 Å². The topological polar surface area (TPSA) is 232 Å². The largest absolute Gasteiger partial charge is 0.487 e. The molecule has 7 rings (SSSR count). The Hall–Kier alpha value is -3.00. The molecule has 5 N–H and O–H groups in total. The minimum Gasteiger partial charge on any atom is -0.487 e. The number of carbonyl (C=O) groups is 2. The average Bonchev–Trinajstić information content (AvgIpc) is 2.84. The van der Waals surface area contributed by atoms with Crippen LogP contribution in [0.5, 0.6) is 17.2 Å². The predicted octanol–water partition coefficient (Wildman–Crippen LogP) is 4.20. The van der Waals surface area contributed by atoms with E-state index < -0.39 is 5.92 Å². The molecule has 82 heavy (non-hydrogen) atoms. The van der Waals surface area contributed by atoms with Gasteiger partial charge in [-0.1, -0.05) is 41.0 Å². The molecule has 5 heterocycles. The lowest BCUT2D eigenvalue weighted by molar-refractivity contribution is -0.151. The third-order valence-corrected chi connectivity index (χ3v) is 18.9. The summed E-state index contributed by atoms with van der Waals surface area (Å²) in [6.07, 6.45) is 5.04. The lowest BCUT2D eigenvalue weighted by Crippen LogP contribution is -2.48. The summed E-state index contributed by atoms with van der Waals surface area (Å²) >= 11 is 0. The van der Waals surface area contributed by atoms with Crippen LogP contribution in [0.1, 0.15) is 85.1 Å². The standard InChI is InChI=1S/C61H104N4O17/c1-10-43-38(2)46-36-51-56(40(4)48(63-51)34-47-39(3)44(11-12-55(67)72-9)58(64-47)45-33-52(66)57-41(5)49(65-59(45)57)35-50(43)62-46)61(68)82-37-42-31-53(79-28-25-76-22-19-73-16-13-69-6)60(81-30-27-78-24-21-75-18-15-71-8)54(32-42)80-29-26-77-23-20-74-17-14-70-7/h31-32,38-41,43-52,56-59,62-66H,10-30,33-37H2,1-9H3/t38?,39-,40?,41?,43?,44-,45?,46?,47?,48?,49?,50?,51?,52?,56?,57?,58?,59?/m0/s1. The maximum absolute atomic E-state index is 15.1. The third-order valence-electron chi connectivity index (χ3n) is 18.9. The first kappa shape index (κ1) is 66.5. The van der Waals surface area contributed by atoms with Gasteiger partial charge in [-0.2, -0.15) is 0 Å². The molecule has 6 fully saturated rings. The van der Waals surface area contributed by atoms with Crippen LogP contribution in [-0.2, 0) is 68.3 Å². The van der Waals surface area contributed by atoms with Crippen LogP contribution in [0.2, 0.25) is 0 Å². The fourth-order valence-corrected chi connectivity index (χ4v) is 14.6. The van der Waals surface area contributed by atoms with Gasteiger partial charge in [-0.05, 0) is 91.2 Å². The number of aliphatic hydroxyl groups is 1. The third kappa shape index (κ3) is 18.3. The normalized spacial score (nSPS) is 33.0. The molecule has 16 unspecified atom stereocenters. The van der Waals surface area contributed by atoms with E-state index in [1.165, 1.54) is 7.11 Å². The summed E-state index contributed by atoms with van der Waals surface area (Å²) in [6.45, 7) is 18.3. The minimum atomic E-state index is -0.425. The molecule has 21 heteroatoms. The second kappa shape index (κ2) is 35.0. The number of carbonyl (C=O) groups excluding carboxylic acids is 2. The Bertz CT molecular complexity index is 1970. The van der Waals surface area contributed by atoms with Gasteiger partial charge in [0.1, 0.15) is 26.4 Å². The summed E-state index contributed by atoms with van der Waals surface area (Å²) in [5.74, 6) is 2.29. The average molecular weight is 1170 g/mol. The number of hydrogen-bond donors (Lipinski definition) is 5. The van der Waals surface area contributed by atoms with Crippen LogP contribution >= 0.6 is 0 Å². The summed E-state index contributed by atoms with van der Waals surface area (Å²) in [5.41, 5.74) is 0.663. The molecule has 1 aromatic rings. The monoisotopic (exact) mass is 1160 g/mol. The molecule has 1 saturated carbocycles.